The Morgan fingerprint density at radius 2 is 1.84 bits per heavy atom. The number of ether oxygens (including phenoxy) is 1. The molecule has 1 rings (SSSR count). The van der Waals surface area contributed by atoms with Gasteiger partial charge in [0.05, 0.1) is 19.8 Å². The van der Waals surface area contributed by atoms with Gasteiger partial charge in [-0.2, -0.15) is 0 Å². The van der Waals surface area contributed by atoms with E-state index >= 15 is 0 Å². The van der Waals surface area contributed by atoms with E-state index in [9.17, 15) is 4.79 Å². The summed E-state index contributed by atoms with van der Waals surface area (Å²) in [5, 5.41) is 0. The number of amides is 1. The molecule has 0 saturated carbocycles. The smallest absolute Gasteiger partial charge is 0.236 e. The van der Waals surface area contributed by atoms with Crippen LogP contribution in [0.4, 0.5) is 0 Å². The average molecular weight is 271 g/mol. The normalized spacial score (nSPS) is 17.0. The van der Waals surface area contributed by atoms with Crippen LogP contribution in [0.25, 0.3) is 0 Å². The van der Waals surface area contributed by atoms with Gasteiger partial charge >= 0.3 is 0 Å². The molecule has 0 unspecified atom stereocenters. The van der Waals surface area contributed by atoms with Crippen molar-refractivity contribution in [1.82, 2.24) is 9.80 Å². The quantitative estimate of drug-likeness (QED) is 0.740. The van der Waals surface area contributed by atoms with Gasteiger partial charge in [0, 0.05) is 25.2 Å². The van der Waals surface area contributed by atoms with Crippen molar-refractivity contribution in [2.45, 2.75) is 39.2 Å². The molecule has 1 amide bonds. The minimum Gasteiger partial charge on any atom is -0.378 e. The first-order chi connectivity index (χ1) is 9.13. The van der Waals surface area contributed by atoms with Crippen LogP contribution in [-0.4, -0.2) is 67.2 Å². The fourth-order valence-electron chi connectivity index (χ4n) is 2.81. The fraction of sp³-hybridized carbons (Fsp3) is 0.929. The van der Waals surface area contributed by atoms with Crippen LogP contribution in [0.3, 0.4) is 0 Å². The average Bonchev–Trinajstić information content (AvgIpc) is 2.49. The first kappa shape index (κ1) is 16.4. The second kappa shape index (κ2) is 7.82. The largest absolute Gasteiger partial charge is 0.378 e. The van der Waals surface area contributed by atoms with E-state index < -0.39 is 0 Å². The molecule has 1 heterocycles. The number of hydrogen-bond acceptors (Lipinski definition) is 4. The second-order valence-electron chi connectivity index (χ2n) is 5.14. The van der Waals surface area contributed by atoms with Crippen molar-refractivity contribution in [3.05, 3.63) is 0 Å². The van der Waals surface area contributed by atoms with Crippen LogP contribution in [0.1, 0.15) is 33.6 Å². The molecule has 0 spiro atoms. The predicted octanol–water partition coefficient (Wildman–Crippen LogP) is 0.685. The van der Waals surface area contributed by atoms with Crippen molar-refractivity contribution in [3.8, 4) is 0 Å². The van der Waals surface area contributed by atoms with Crippen LogP contribution in [0.5, 0.6) is 0 Å². The third kappa shape index (κ3) is 3.91. The molecule has 1 saturated heterocycles. The summed E-state index contributed by atoms with van der Waals surface area (Å²) in [7, 11) is 0. The van der Waals surface area contributed by atoms with Gasteiger partial charge in [-0.3, -0.25) is 9.69 Å². The van der Waals surface area contributed by atoms with E-state index in [0.717, 1.165) is 19.4 Å². The third-order valence-electron chi connectivity index (χ3n) is 4.44. The molecule has 0 aromatic rings. The molecule has 2 N–H and O–H groups in total. The Labute approximate surface area is 117 Å². The lowest BCUT2D eigenvalue weighted by atomic mass is 9.90. The van der Waals surface area contributed by atoms with Crippen molar-refractivity contribution in [2.75, 3.05) is 45.9 Å². The Kier molecular flexibility index (Phi) is 6.75. The zero-order chi connectivity index (χ0) is 14.3. The summed E-state index contributed by atoms with van der Waals surface area (Å²) in [5.41, 5.74) is 5.93. The maximum absolute atomic E-state index is 12.3. The van der Waals surface area contributed by atoms with Gasteiger partial charge in [-0.15, -0.1) is 0 Å². The Morgan fingerprint density at radius 3 is 2.26 bits per heavy atom. The number of morpholine rings is 1. The number of hydrogen-bond donors (Lipinski definition) is 1. The highest BCUT2D eigenvalue weighted by atomic mass is 16.5. The molecule has 0 atom stereocenters. The molecule has 0 aromatic carbocycles. The molecule has 5 heteroatoms. The first-order valence-electron chi connectivity index (χ1n) is 7.44. The van der Waals surface area contributed by atoms with Crippen LogP contribution >= 0.6 is 0 Å². The van der Waals surface area contributed by atoms with Crippen LogP contribution < -0.4 is 5.73 Å². The Bertz CT molecular complexity index is 266. The fourth-order valence-corrected chi connectivity index (χ4v) is 2.81. The van der Waals surface area contributed by atoms with E-state index in [1.165, 1.54) is 0 Å². The molecule has 1 fully saturated rings. The number of carbonyl (C=O) groups excluding carboxylic acids is 1. The molecule has 5 nitrogen and oxygen atoms in total. The van der Waals surface area contributed by atoms with Gasteiger partial charge in [-0.25, -0.2) is 0 Å². The summed E-state index contributed by atoms with van der Waals surface area (Å²) < 4.78 is 5.28. The number of rotatable bonds is 7. The van der Waals surface area contributed by atoms with Gasteiger partial charge in [-0.1, -0.05) is 20.8 Å². The highest BCUT2D eigenvalue weighted by molar-refractivity contribution is 5.78. The lowest BCUT2D eigenvalue weighted by Crippen LogP contribution is -2.57. The highest BCUT2D eigenvalue weighted by Gasteiger charge is 2.33. The van der Waals surface area contributed by atoms with E-state index in [-0.39, 0.29) is 11.4 Å². The van der Waals surface area contributed by atoms with Crippen LogP contribution in [0.15, 0.2) is 0 Å². The zero-order valence-corrected chi connectivity index (χ0v) is 12.7. The van der Waals surface area contributed by atoms with Crippen molar-refractivity contribution >= 4 is 5.91 Å². The number of likely N-dealkylation sites (N-methyl/N-ethyl adjacent to an activating group) is 1. The maximum Gasteiger partial charge on any atom is 0.236 e. The minimum atomic E-state index is -0.0449. The van der Waals surface area contributed by atoms with Gasteiger partial charge in [0.1, 0.15) is 0 Å². The van der Waals surface area contributed by atoms with E-state index in [4.69, 9.17) is 10.5 Å². The van der Waals surface area contributed by atoms with Gasteiger partial charge in [-0.05, 0) is 19.4 Å². The molecule has 1 aliphatic rings. The lowest BCUT2D eigenvalue weighted by molar-refractivity contribution is -0.138. The second-order valence-corrected chi connectivity index (χ2v) is 5.14. The van der Waals surface area contributed by atoms with Crippen LogP contribution in [-0.2, 0) is 9.53 Å². The number of nitrogens with two attached hydrogens (primary N) is 1. The van der Waals surface area contributed by atoms with Gasteiger partial charge < -0.3 is 15.4 Å². The first-order valence-corrected chi connectivity index (χ1v) is 7.44. The Morgan fingerprint density at radius 1 is 1.26 bits per heavy atom. The SMILES string of the molecule is CCN(CC(=O)N1CCOCC1)C(CC)(CC)CN. The maximum atomic E-state index is 12.3. The van der Waals surface area contributed by atoms with Crippen molar-refractivity contribution in [3.63, 3.8) is 0 Å². The number of carbonyl (C=O) groups is 1. The summed E-state index contributed by atoms with van der Waals surface area (Å²) in [4.78, 5) is 16.5. The third-order valence-corrected chi connectivity index (χ3v) is 4.44. The molecule has 1 aliphatic heterocycles. The number of nitrogens with zero attached hydrogens (tertiary/aromatic N) is 2. The Balaban J connectivity index is 2.66. The van der Waals surface area contributed by atoms with Gasteiger partial charge in [0.15, 0.2) is 0 Å². The summed E-state index contributed by atoms with van der Waals surface area (Å²) in [5.74, 6) is 0.199. The standard InChI is InChI=1S/C14H29N3O2/c1-4-14(5-2,12-15)17(6-3)11-13(18)16-7-9-19-10-8-16/h4-12,15H2,1-3H3. The van der Waals surface area contributed by atoms with E-state index in [2.05, 4.69) is 25.7 Å². The zero-order valence-electron chi connectivity index (χ0n) is 12.7. The summed E-state index contributed by atoms with van der Waals surface area (Å²) in [6.45, 7) is 11.1. The molecule has 19 heavy (non-hydrogen) atoms. The monoisotopic (exact) mass is 271 g/mol. The van der Waals surface area contributed by atoms with Crippen molar-refractivity contribution in [2.24, 2.45) is 5.73 Å². The van der Waals surface area contributed by atoms with Crippen molar-refractivity contribution in [1.29, 1.82) is 0 Å². The van der Waals surface area contributed by atoms with Crippen molar-refractivity contribution < 1.29 is 9.53 Å². The van der Waals surface area contributed by atoms with Gasteiger partial charge in [0.25, 0.3) is 0 Å². The van der Waals surface area contributed by atoms with Crippen LogP contribution in [0.2, 0.25) is 0 Å². The predicted molar refractivity (Wildman–Crippen MR) is 77.0 cm³/mol. The Hall–Kier alpha value is -0.650. The lowest BCUT2D eigenvalue weighted by Gasteiger charge is -2.42. The van der Waals surface area contributed by atoms with Gasteiger partial charge in [0.2, 0.25) is 5.91 Å². The molecular formula is C14H29N3O2. The molecule has 0 aromatic heterocycles. The molecule has 112 valence electrons. The summed E-state index contributed by atoms with van der Waals surface area (Å²) in [6, 6.07) is 0. The summed E-state index contributed by atoms with van der Waals surface area (Å²) in [6.07, 6.45) is 1.95. The molecular weight excluding hydrogens is 242 g/mol. The highest BCUT2D eigenvalue weighted by Crippen LogP contribution is 2.22. The van der Waals surface area contributed by atoms with E-state index in [1.807, 2.05) is 4.90 Å². The van der Waals surface area contributed by atoms with E-state index in [0.29, 0.717) is 39.4 Å². The summed E-state index contributed by atoms with van der Waals surface area (Å²) >= 11 is 0. The van der Waals surface area contributed by atoms with Crippen LogP contribution in [0, 0.1) is 0 Å². The molecule has 0 bridgehead atoms. The topological polar surface area (TPSA) is 58.8 Å². The minimum absolute atomic E-state index is 0.0449. The van der Waals surface area contributed by atoms with E-state index in [1.54, 1.807) is 0 Å². The molecule has 0 aliphatic carbocycles. The molecule has 0 radical (unpaired) electrons.